The van der Waals surface area contributed by atoms with Gasteiger partial charge in [-0.15, -0.1) is 5.10 Å². The number of nitrogens with one attached hydrogen (secondary N) is 1. The summed E-state index contributed by atoms with van der Waals surface area (Å²) in [5.41, 5.74) is 1.03. The molecule has 4 heteroatoms. The monoisotopic (exact) mass is 188 g/mol. The molecular formula is C10H8N2O2. The molecule has 2 aromatic rings. The summed E-state index contributed by atoms with van der Waals surface area (Å²) < 4.78 is 4.70. The van der Waals surface area contributed by atoms with Gasteiger partial charge in [0.15, 0.2) is 0 Å². The fraction of sp³-hybridized carbons (Fsp3) is 0. The zero-order valence-corrected chi connectivity index (χ0v) is 7.31. The summed E-state index contributed by atoms with van der Waals surface area (Å²) in [6.07, 6.45) is 3.45. The van der Waals surface area contributed by atoms with E-state index in [0.29, 0.717) is 0 Å². The molecule has 0 aliphatic heterocycles. The third-order valence-electron chi connectivity index (χ3n) is 1.67. The van der Waals surface area contributed by atoms with Crippen LogP contribution < -0.4 is 5.76 Å². The summed E-state index contributed by atoms with van der Waals surface area (Å²) in [5, 5.41) is 5.82. The van der Waals surface area contributed by atoms with Crippen molar-refractivity contribution in [2.24, 2.45) is 0 Å². The van der Waals surface area contributed by atoms with Crippen LogP contribution >= 0.6 is 0 Å². The van der Waals surface area contributed by atoms with Crippen molar-refractivity contribution < 1.29 is 4.42 Å². The minimum absolute atomic E-state index is 0.277. The van der Waals surface area contributed by atoms with Gasteiger partial charge in [0, 0.05) is 6.08 Å². The Labute approximate surface area is 79.9 Å². The number of hydrogen-bond acceptors (Lipinski definition) is 3. The maximum absolute atomic E-state index is 10.6. The van der Waals surface area contributed by atoms with Crippen molar-refractivity contribution in [2.45, 2.75) is 0 Å². The minimum atomic E-state index is -0.544. The predicted molar refractivity (Wildman–Crippen MR) is 52.5 cm³/mol. The van der Waals surface area contributed by atoms with Crippen LogP contribution in [0.2, 0.25) is 0 Å². The van der Waals surface area contributed by atoms with Crippen molar-refractivity contribution in [3.8, 4) is 0 Å². The van der Waals surface area contributed by atoms with Crippen LogP contribution in [0.15, 0.2) is 39.5 Å². The molecule has 70 valence electrons. The predicted octanol–water partition coefficient (Wildman–Crippen LogP) is 1.53. The van der Waals surface area contributed by atoms with E-state index in [9.17, 15) is 4.79 Å². The molecule has 0 saturated carbocycles. The standard InChI is InChI=1S/C10H8N2O2/c13-10-12-11-9(14-10)7-6-8-4-2-1-3-5-8/h1-7H,(H,12,13)/b7-6+. The van der Waals surface area contributed by atoms with Crippen LogP contribution in [0.4, 0.5) is 0 Å². The summed E-state index contributed by atoms with van der Waals surface area (Å²) >= 11 is 0. The van der Waals surface area contributed by atoms with E-state index in [2.05, 4.69) is 10.2 Å². The normalized spacial score (nSPS) is 10.9. The van der Waals surface area contributed by atoms with Gasteiger partial charge < -0.3 is 4.42 Å². The van der Waals surface area contributed by atoms with Crippen molar-refractivity contribution in [3.63, 3.8) is 0 Å². The first-order valence-corrected chi connectivity index (χ1v) is 4.13. The average Bonchev–Trinajstić information content (AvgIpc) is 2.63. The summed E-state index contributed by atoms with van der Waals surface area (Å²) in [6.45, 7) is 0. The second kappa shape index (κ2) is 3.74. The highest BCUT2D eigenvalue weighted by atomic mass is 16.4. The molecule has 2 rings (SSSR count). The van der Waals surface area contributed by atoms with E-state index >= 15 is 0 Å². The Balaban J connectivity index is 2.19. The molecule has 1 heterocycles. The molecule has 1 N–H and O–H groups in total. The second-order valence-electron chi connectivity index (χ2n) is 2.70. The largest absolute Gasteiger partial charge is 0.434 e. The number of benzene rings is 1. The zero-order chi connectivity index (χ0) is 9.80. The van der Waals surface area contributed by atoms with Crippen LogP contribution in [0.25, 0.3) is 12.2 Å². The maximum atomic E-state index is 10.6. The highest BCUT2D eigenvalue weighted by Gasteiger charge is 1.93. The first kappa shape index (κ1) is 8.50. The van der Waals surface area contributed by atoms with E-state index < -0.39 is 5.76 Å². The summed E-state index contributed by atoms with van der Waals surface area (Å²) in [4.78, 5) is 10.6. The van der Waals surface area contributed by atoms with Gasteiger partial charge >= 0.3 is 5.76 Å². The van der Waals surface area contributed by atoms with Crippen LogP contribution in [0.5, 0.6) is 0 Å². The summed E-state index contributed by atoms with van der Waals surface area (Å²) in [7, 11) is 0. The molecule has 0 fully saturated rings. The molecule has 0 radical (unpaired) electrons. The van der Waals surface area contributed by atoms with Crippen molar-refractivity contribution in [2.75, 3.05) is 0 Å². The van der Waals surface area contributed by atoms with E-state index in [1.165, 1.54) is 0 Å². The van der Waals surface area contributed by atoms with Crippen LogP contribution in [0.1, 0.15) is 11.5 Å². The lowest BCUT2D eigenvalue weighted by molar-refractivity contribution is 0.504. The van der Waals surface area contributed by atoms with E-state index in [-0.39, 0.29) is 5.89 Å². The van der Waals surface area contributed by atoms with Crippen LogP contribution in [0.3, 0.4) is 0 Å². The molecule has 0 spiro atoms. The van der Waals surface area contributed by atoms with Crippen molar-refractivity contribution >= 4 is 12.2 Å². The highest BCUT2D eigenvalue weighted by molar-refractivity contribution is 5.65. The van der Waals surface area contributed by atoms with Gasteiger partial charge in [0.25, 0.3) is 0 Å². The maximum Gasteiger partial charge on any atom is 0.434 e. The number of nitrogens with zero attached hydrogens (tertiary/aromatic N) is 1. The lowest BCUT2D eigenvalue weighted by Crippen LogP contribution is -1.93. The Morgan fingerprint density at radius 1 is 1.21 bits per heavy atom. The summed E-state index contributed by atoms with van der Waals surface area (Å²) in [6, 6.07) is 9.69. The van der Waals surface area contributed by atoms with Gasteiger partial charge in [-0.3, -0.25) is 0 Å². The average molecular weight is 188 g/mol. The number of hydrogen-bond donors (Lipinski definition) is 1. The lowest BCUT2D eigenvalue weighted by Gasteiger charge is -1.88. The third-order valence-corrected chi connectivity index (χ3v) is 1.67. The Hall–Kier alpha value is -2.10. The highest BCUT2D eigenvalue weighted by Crippen LogP contribution is 2.03. The molecule has 0 unspecified atom stereocenters. The summed E-state index contributed by atoms with van der Waals surface area (Å²) in [5.74, 6) is -0.267. The van der Waals surface area contributed by atoms with Crippen LogP contribution in [0, 0.1) is 0 Å². The number of rotatable bonds is 2. The van der Waals surface area contributed by atoms with Gasteiger partial charge in [0.1, 0.15) is 0 Å². The lowest BCUT2D eigenvalue weighted by atomic mass is 10.2. The van der Waals surface area contributed by atoms with E-state index in [4.69, 9.17) is 4.42 Å². The Morgan fingerprint density at radius 3 is 2.64 bits per heavy atom. The molecule has 0 atom stereocenters. The number of aromatic nitrogens is 2. The molecule has 1 aromatic heterocycles. The number of aromatic amines is 1. The smallest absolute Gasteiger partial charge is 0.388 e. The molecule has 0 bridgehead atoms. The second-order valence-corrected chi connectivity index (χ2v) is 2.70. The van der Waals surface area contributed by atoms with E-state index in [1.54, 1.807) is 6.08 Å². The molecule has 14 heavy (non-hydrogen) atoms. The Kier molecular flexibility index (Phi) is 2.27. The topological polar surface area (TPSA) is 58.9 Å². The Morgan fingerprint density at radius 2 is 2.00 bits per heavy atom. The first-order valence-electron chi connectivity index (χ1n) is 4.13. The quantitative estimate of drug-likeness (QED) is 0.777. The van der Waals surface area contributed by atoms with Crippen molar-refractivity contribution in [1.29, 1.82) is 0 Å². The van der Waals surface area contributed by atoms with Crippen molar-refractivity contribution in [1.82, 2.24) is 10.2 Å². The van der Waals surface area contributed by atoms with Gasteiger partial charge in [-0.05, 0) is 11.6 Å². The molecule has 0 aliphatic rings. The first-order chi connectivity index (χ1) is 6.84. The van der Waals surface area contributed by atoms with Gasteiger partial charge in [0.05, 0.1) is 0 Å². The molecule has 0 aliphatic carbocycles. The van der Waals surface area contributed by atoms with Gasteiger partial charge in [-0.1, -0.05) is 30.3 Å². The van der Waals surface area contributed by atoms with Crippen LogP contribution in [-0.2, 0) is 0 Å². The molecule has 0 saturated heterocycles. The van der Waals surface area contributed by atoms with Gasteiger partial charge in [-0.25, -0.2) is 9.89 Å². The number of H-pyrrole nitrogens is 1. The van der Waals surface area contributed by atoms with E-state index in [0.717, 1.165) is 5.56 Å². The fourth-order valence-corrected chi connectivity index (χ4v) is 1.04. The van der Waals surface area contributed by atoms with Crippen molar-refractivity contribution in [3.05, 3.63) is 52.3 Å². The molecule has 4 nitrogen and oxygen atoms in total. The minimum Gasteiger partial charge on any atom is -0.388 e. The third kappa shape index (κ3) is 1.98. The molecule has 0 amide bonds. The Bertz CT molecular complexity index is 482. The van der Waals surface area contributed by atoms with Crippen LogP contribution in [-0.4, -0.2) is 10.2 Å². The molecule has 1 aromatic carbocycles. The van der Waals surface area contributed by atoms with Gasteiger partial charge in [0.2, 0.25) is 5.89 Å². The molecular weight excluding hydrogens is 180 g/mol. The van der Waals surface area contributed by atoms with Gasteiger partial charge in [-0.2, -0.15) is 0 Å². The zero-order valence-electron chi connectivity index (χ0n) is 7.31. The fourth-order valence-electron chi connectivity index (χ4n) is 1.04. The van der Waals surface area contributed by atoms with E-state index in [1.807, 2.05) is 36.4 Å². The SMILES string of the molecule is O=c1[nH]nc(/C=C/c2ccccc2)o1.